The van der Waals surface area contributed by atoms with E-state index in [0.717, 1.165) is 31.7 Å². The summed E-state index contributed by atoms with van der Waals surface area (Å²) in [5.41, 5.74) is 0.977. The van der Waals surface area contributed by atoms with E-state index < -0.39 is 0 Å². The van der Waals surface area contributed by atoms with Gasteiger partial charge < -0.3 is 15.0 Å². The third kappa shape index (κ3) is 2.90. The van der Waals surface area contributed by atoms with Crippen LogP contribution in [0.5, 0.6) is 0 Å². The quantitative estimate of drug-likeness (QED) is 0.793. The van der Waals surface area contributed by atoms with E-state index in [9.17, 15) is 4.79 Å². The average molecular weight is 228 g/mol. The van der Waals surface area contributed by atoms with Crippen LogP contribution in [0.2, 0.25) is 0 Å². The molecule has 0 unspecified atom stereocenters. The molecule has 1 heterocycles. The van der Waals surface area contributed by atoms with Crippen LogP contribution in [0.15, 0.2) is 10.2 Å². The number of rotatable bonds is 5. The lowest BCUT2D eigenvalue weighted by Gasteiger charge is -2.35. The van der Waals surface area contributed by atoms with Crippen molar-refractivity contribution >= 4 is 11.3 Å². The van der Waals surface area contributed by atoms with Crippen LogP contribution in [0.4, 0.5) is 0 Å². The van der Waals surface area contributed by atoms with E-state index in [1.165, 1.54) is 11.3 Å². The molecular formula is C10H16N2O2S. The van der Waals surface area contributed by atoms with Gasteiger partial charge >= 0.3 is 4.87 Å². The van der Waals surface area contributed by atoms with Gasteiger partial charge in [0.15, 0.2) is 0 Å². The maximum Gasteiger partial charge on any atom is 0.304 e. The largest absolute Gasteiger partial charge is 0.378 e. The van der Waals surface area contributed by atoms with Gasteiger partial charge in [0.1, 0.15) is 0 Å². The molecule has 15 heavy (non-hydrogen) atoms. The summed E-state index contributed by atoms with van der Waals surface area (Å²) in [5.74, 6) is 0. The molecule has 0 aliphatic heterocycles. The van der Waals surface area contributed by atoms with E-state index in [4.69, 9.17) is 4.74 Å². The number of aromatic nitrogens is 1. The predicted octanol–water partition coefficient (Wildman–Crippen LogP) is 1.09. The molecule has 1 aliphatic rings. The molecule has 4 nitrogen and oxygen atoms in total. The van der Waals surface area contributed by atoms with E-state index >= 15 is 0 Å². The van der Waals surface area contributed by atoms with Gasteiger partial charge in [-0.25, -0.2) is 0 Å². The first-order chi connectivity index (χ1) is 7.28. The molecule has 0 amide bonds. The Morgan fingerprint density at radius 1 is 1.67 bits per heavy atom. The Balaban J connectivity index is 1.66. The smallest absolute Gasteiger partial charge is 0.304 e. The van der Waals surface area contributed by atoms with Gasteiger partial charge in [0.2, 0.25) is 0 Å². The summed E-state index contributed by atoms with van der Waals surface area (Å²) in [6.07, 6.45) is 2.61. The highest BCUT2D eigenvalue weighted by atomic mass is 32.1. The van der Waals surface area contributed by atoms with E-state index in [1.807, 2.05) is 12.3 Å². The first-order valence-corrected chi connectivity index (χ1v) is 6.17. The molecule has 1 aromatic rings. The summed E-state index contributed by atoms with van der Waals surface area (Å²) in [5, 5.41) is 5.26. The van der Waals surface area contributed by atoms with Crippen molar-refractivity contribution in [2.45, 2.75) is 38.5 Å². The summed E-state index contributed by atoms with van der Waals surface area (Å²) < 4.78 is 5.47. The SMILES string of the molecule is CCOC1CC(NCc2csc(=O)[nH]2)C1. The van der Waals surface area contributed by atoms with Crippen LogP contribution in [-0.4, -0.2) is 23.7 Å². The van der Waals surface area contributed by atoms with Crippen molar-refractivity contribution in [3.05, 3.63) is 20.7 Å². The molecule has 84 valence electrons. The maximum absolute atomic E-state index is 10.9. The Kier molecular flexibility index (Phi) is 3.56. The Bertz CT molecular complexity index is 354. The third-order valence-corrected chi connectivity index (χ3v) is 3.37. The van der Waals surface area contributed by atoms with Crippen LogP contribution in [-0.2, 0) is 11.3 Å². The lowest BCUT2D eigenvalue weighted by molar-refractivity contribution is -0.0103. The second kappa shape index (κ2) is 4.92. The lowest BCUT2D eigenvalue weighted by Crippen LogP contribution is -2.45. The second-order valence-corrected chi connectivity index (χ2v) is 4.64. The molecule has 0 saturated heterocycles. The summed E-state index contributed by atoms with van der Waals surface area (Å²) in [7, 11) is 0. The van der Waals surface area contributed by atoms with Crippen molar-refractivity contribution in [1.82, 2.24) is 10.3 Å². The van der Waals surface area contributed by atoms with Crippen LogP contribution in [0.1, 0.15) is 25.5 Å². The molecule has 0 atom stereocenters. The number of hydrogen-bond donors (Lipinski definition) is 2. The van der Waals surface area contributed by atoms with E-state index in [2.05, 4.69) is 10.3 Å². The van der Waals surface area contributed by atoms with Gasteiger partial charge in [-0.2, -0.15) is 0 Å². The highest BCUT2D eigenvalue weighted by molar-refractivity contribution is 7.07. The second-order valence-electron chi connectivity index (χ2n) is 3.80. The molecule has 5 heteroatoms. The predicted molar refractivity (Wildman–Crippen MR) is 60.2 cm³/mol. The highest BCUT2D eigenvalue weighted by Gasteiger charge is 2.28. The molecule has 0 radical (unpaired) electrons. The highest BCUT2D eigenvalue weighted by Crippen LogP contribution is 2.23. The third-order valence-electron chi connectivity index (χ3n) is 2.65. The average Bonchev–Trinajstić information content (AvgIpc) is 2.55. The molecule has 1 aliphatic carbocycles. The van der Waals surface area contributed by atoms with E-state index in [-0.39, 0.29) is 4.87 Å². The van der Waals surface area contributed by atoms with E-state index in [1.54, 1.807) is 0 Å². The first-order valence-electron chi connectivity index (χ1n) is 5.29. The van der Waals surface area contributed by atoms with Crippen LogP contribution in [0.3, 0.4) is 0 Å². The summed E-state index contributed by atoms with van der Waals surface area (Å²) in [4.78, 5) is 13.7. The fraction of sp³-hybridized carbons (Fsp3) is 0.700. The fourth-order valence-corrected chi connectivity index (χ4v) is 2.34. The van der Waals surface area contributed by atoms with Gasteiger partial charge in [-0.3, -0.25) is 4.79 Å². The van der Waals surface area contributed by atoms with Crippen LogP contribution in [0.25, 0.3) is 0 Å². The number of ether oxygens (including phenoxy) is 1. The fourth-order valence-electron chi connectivity index (χ4n) is 1.76. The van der Waals surface area contributed by atoms with Crippen molar-refractivity contribution in [1.29, 1.82) is 0 Å². The molecule has 2 N–H and O–H groups in total. The zero-order valence-electron chi connectivity index (χ0n) is 8.79. The molecule has 1 saturated carbocycles. The van der Waals surface area contributed by atoms with E-state index in [0.29, 0.717) is 12.1 Å². The number of thiazole rings is 1. The lowest BCUT2D eigenvalue weighted by atomic mass is 9.89. The molecule has 1 aromatic heterocycles. The Morgan fingerprint density at radius 2 is 2.47 bits per heavy atom. The molecule has 0 aromatic carbocycles. The standard InChI is InChI=1S/C10H16N2O2S/c1-2-14-9-3-7(4-9)11-5-8-6-15-10(13)12-8/h6-7,9,11H,2-5H2,1H3,(H,12,13). The molecular weight excluding hydrogens is 212 g/mol. The van der Waals surface area contributed by atoms with Crippen molar-refractivity contribution in [3.63, 3.8) is 0 Å². The summed E-state index contributed by atoms with van der Waals surface area (Å²) in [6.45, 7) is 3.58. The Morgan fingerprint density at radius 3 is 3.07 bits per heavy atom. The van der Waals surface area contributed by atoms with Crippen LogP contribution >= 0.6 is 11.3 Å². The van der Waals surface area contributed by atoms with Gasteiger partial charge in [0, 0.05) is 30.3 Å². The van der Waals surface area contributed by atoms with Gasteiger partial charge in [-0.1, -0.05) is 11.3 Å². The summed E-state index contributed by atoms with van der Waals surface area (Å²) in [6, 6.07) is 0.546. The summed E-state index contributed by atoms with van der Waals surface area (Å²) >= 11 is 1.21. The molecule has 0 bridgehead atoms. The minimum Gasteiger partial charge on any atom is -0.378 e. The molecule has 2 rings (SSSR count). The monoisotopic (exact) mass is 228 g/mol. The zero-order chi connectivity index (χ0) is 10.7. The van der Waals surface area contributed by atoms with Gasteiger partial charge in [-0.15, -0.1) is 0 Å². The number of nitrogens with one attached hydrogen (secondary N) is 2. The van der Waals surface area contributed by atoms with Gasteiger partial charge in [0.05, 0.1) is 6.10 Å². The molecule has 0 spiro atoms. The number of aromatic amines is 1. The number of H-pyrrole nitrogens is 1. The van der Waals surface area contributed by atoms with Gasteiger partial charge in [0.25, 0.3) is 0 Å². The molecule has 1 fully saturated rings. The van der Waals surface area contributed by atoms with Crippen LogP contribution < -0.4 is 10.2 Å². The van der Waals surface area contributed by atoms with Crippen molar-refractivity contribution in [2.75, 3.05) is 6.61 Å². The van der Waals surface area contributed by atoms with Crippen molar-refractivity contribution < 1.29 is 4.74 Å². The van der Waals surface area contributed by atoms with Crippen LogP contribution in [0, 0.1) is 0 Å². The normalized spacial score (nSPS) is 25.1. The zero-order valence-corrected chi connectivity index (χ0v) is 9.60. The van der Waals surface area contributed by atoms with Gasteiger partial charge in [-0.05, 0) is 19.8 Å². The first kappa shape index (κ1) is 10.9. The maximum atomic E-state index is 10.9. The minimum atomic E-state index is 0.0209. The number of hydrogen-bond acceptors (Lipinski definition) is 4. The minimum absolute atomic E-state index is 0.0209. The Hall–Kier alpha value is -0.650. The van der Waals surface area contributed by atoms with Crippen molar-refractivity contribution in [3.8, 4) is 0 Å². The van der Waals surface area contributed by atoms with Crippen molar-refractivity contribution in [2.24, 2.45) is 0 Å². The Labute approximate surface area is 92.7 Å². The topological polar surface area (TPSA) is 54.1 Å².